The molecule has 130 valence electrons. The maximum absolute atomic E-state index is 12.2. The second-order valence-corrected chi connectivity index (χ2v) is 6.40. The number of hydrogen-bond acceptors (Lipinski definition) is 3. The number of rotatable bonds is 6. The molecule has 2 amide bonds. The molecule has 1 aromatic heterocycles. The van der Waals surface area contributed by atoms with Crippen LogP contribution in [0.1, 0.15) is 31.7 Å². The van der Waals surface area contributed by atoms with Crippen molar-refractivity contribution < 1.29 is 9.90 Å². The highest BCUT2D eigenvalue weighted by Gasteiger charge is 2.17. The van der Waals surface area contributed by atoms with E-state index in [4.69, 9.17) is 0 Å². The number of aliphatic hydroxyl groups excluding tert-OH is 1. The number of aryl methyl sites for hydroxylation is 1. The number of carbonyl (C=O) groups is 1. The summed E-state index contributed by atoms with van der Waals surface area (Å²) in [5.41, 5.74) is 3.24. The largest absolute Gasteiger partial charge is 0.394 e. The van der Waals surface area contributed by atoms with Gasteiger partial charge in [0.2, 0.25) is 0 Å². The molecule has 3 N–H and O–H groups in total. The molecule has 6 heteroatoms. The van der Waals surface area contributed by atoms with Gasteiger partial charge in [0, 0.05) is 0 Å². The number of para-hydroxylation sites is 1. The summed E-state index contributed by atoms with van der Waals surface area (Å²) in [6.45, 7) is 7.81. The van der Waals surface area contributed by atoms with Crippen LogP contribution in [0.2, 0.25) is 0 Å². The molecule has 0 aliphatic carbocycles. The van der Waals surface area contributed by atoms with Crippen LogP contribution in [0.25, 0.3) is 5.69 Å². The fourth-order valence-electron chi connectivity index (χ4n) is 2.73. The number of carbonyl (C=O) groups excluding carboxylic acids is 1. The summed E-state index contributed by atoms with van der Waals surface area (Å²) in [4.78, 5) is 12.2. The second-order valence-electron chi connectivity index (χ2n) is 6.40. The molecule has 0 aliphatic rings. The zero-order chi connectivity index (χ0) is 17.7. The van der Waals surface area contributed by atoms with Crippen LogP contribution in [0, 0.1) is 19.8 Å². The van der Waals surface area contributed by atoms with Gasteiger partial charge in [-0.05, 0) is 38.3 Å². The van der Waals surface area contributed by atoms with Crippen molar-refractivity contribution in [3.8, 4) is 5.69 Å². The third kappa shape index (κ3) is 4.35. The van der Waals surface area contributed by atoms with Crippen LogP contribution in [0.4, 0.5) is 10.5 Å². The Morgan fingerprint density at radius 1 is 1.25 bits per heavy atom. The van der Waals surface area contributed by atoms with Gasteiger partial charge in [-0.15, -0.1) is 0 Å². The summed E-state index contributed by atoms with van der Waals surface area (Å²) in [6.07, 6.45) is 0.727. The quantitative estimate of drug-likeness (QED) is 0.762. The number of amides is 2. The van der Waals surface area contributed by atoms with Gasteiger partial charge in [-0.3, -0.25) is 0 Å². The normalized spacial score (nSPS) is 12.2. The molecule has 0 saturated carbocycles. The Morgan fingerprint density at radius 2 is 1.92 bits per heavy atom. The highest BCUT2D eigenvalue weighted by Crippen LogP contribution is 2.22. The lowest BCUT2D eigenvalue weighted by molar-refractivity contribution is 0.214. The summed E-state index contributed by atoms with van der Waals surface area (Å²) < 4.78 is 1.81. The number of urea groups is 1. The number of aliphatic hydroxyl groups is 1. The first-order valence-electron chi connectivity index (χ1n) is 8.22. The predicted molar refractivity (Wildman–Crippen MR) is 95.5 cm³/mol. The highest BCUT2D eigenvalue weighted by molar-refractivity contribution is 5.90. The zero-order valence-electron chi connectivity index (χ0n) is 14.7. The topological polar surface area (TPSA) is 79.2 Å². The number of benzene rings is 1. The molecule has 24 heavy (non-hydrogen) atoms. The van der Waals surface area contributed by atoms with E-state index in [0.29, 0.717) is 11.6 Å². The summed E-state index contributed by atoms with van der Waals surface area (Å²) >= 11 is 0. The molecular formula is C18H26N4O2. The van der Waals surface area contributed by atoms with E-state index in [-0.39, 0.29) is 18.7 Å². The van der Waals surface area contributed by atoms with Crippen molar-refractivity contribution in [3.05, 3.63) is 41.7 Å². The van der Waals surface area contributed by atoms with Crippen molar-refractivity contribution in [2.45, 2.75) is 40.2 Å². The first-order valence-corrected chi connectivity index (χ1v) is 8.22. The fourth-order valence-corrected chi connectivity index (χ4v) is 2.73. The third-order valence-corrected chi connectivity index (χ3v) is 3.84. The molecule has 0 fully saturated rings. The Labute approximate surface area is 142 Å². The number of hydrogen-bond donors (Lipinski definition) is 3. The lowest BCUT2D eigenvalue weighted by atomic mass is 10.0. The van der Waals surface area contributed by atoms with Gasteiger partial charge < -0.3 is 15.7 Å². The van der Waals surface area contributed by atoms with Crippen LogP contribution in [-0.2, 0) is 0 Å². The third-order valence-electron chi connectivity index (χ3n) is 3.84. The first-order chi connectivity index (χ1) is 11.4. The van der Waals surface area contributed by atoms with Crippen LogP contribution in [0.3, 0.4) is 0 Å². The molecular weight excluding hydrogens is 304 g/mol. The lowest BCUT2D eigenvalue weighted by Crippen LogP contribution is -2.41. The maximum Gasteiger partial charge on any atom is 0.319 e. The molecule has 0 spiro atoms. The molecule has 1 heterocycles. The maximum atomic E-state index is 12.2. The van der Waals surface area contributed by atoms with Gasteiger partial charge in [-0.25, -0.2) is 9.48 Å². The first kappa shape index (κ1) is 18.0. The van der Waals surface area contributed by atoms with E-state index in [1.165, 1.54) is 0 Å². The Balaban J connectivity index is 2.13. The van der Waals surface area contributed by atoms with Gasteiger partial charge in [0.25, 0.3) is 0 Å². The van der Waals surface area contributed by atoms with E-state index < -0.39 is 0 Å². The number of anilines is 1. The molecule has 2 aromatic rings. The van der Waals surface area contributed by atoms with Gasteiger partial charge >= 0.3 is 6.03 Å². The van der Waals surface area contributed by atoms with E-state index >= 15 is 0 Å². The molecule has 0 saturated heterocycles. The summed E-state index contributed by atoms with van der Waals surface area (Å²) in [6, 6.07) is 9.20. The zero-order valence-corrected chi connectivity index (χ0v) is 14.7. The molecule has 1 unspecified atom stereocenters. The van der Waals surface area contributed by atoms with Gasteiger partial charge in [0.05, 0.1) is 35.4 Å². The smallest absolute Gasteiger partial charge is 0.319 e. The Morgan fingerprint density at radius 3 is 2.50 bits per heavy atom. The van der Waals surface area contributed by atoms with Gasteiger partial charge in [0.1, 0.15) is 0 Å². The van der Waals surface area contributed by atoms with Crippen molar-refractivity contribution in [2.24, 2.45) is 5.92 Å². The molecule has 0 bridgehead atoms. The van der Waals surface area contributed by atoms with E-state index in [9.17, 15) is 9.90 Å². The van der Waals surface area contributed by atoms with E-state index in [1.54, 1.807) is 0 Å². The summed E-state index contributed by atoms with van der Waals surface area (Å²) in [7, 11) is 0. The lowest BCUT2D eigenvalue weighted by Gasteiger charge is -2.18. The minimum absolute atomic E-state index is 0.0765. The Hall–Kier alpha value is -2.34. The average molecular weight is 330 g/mol. The fraction of sp³-hybridized carbons (Fsp3) is 0.444. The minimum Gasteiger partial charge on any atom is -0.394 e. The number of nitrogens with zero attached hydrogens (tertiary/aromatic N) is 2. The van der Waals surface area contributed by atoms with Crippen molar-refractivity contribution in [3.63, 3.8) is 0 Å². The standard InChI is InChI=1S/C18H26N4O2/c1-12(2)10-15(11-23)19-18(24)20-17-13(3)21-22(14(17)4)16-8-6-5-7-9-16/h5-9,12,15,23H,10-11H2,1-4H3,(H2,19,20,24). The highest BCUT2D eigenvalue weighted by atomic mass is 16.3. The van der Waals surface area contributed by atoms with E-state index in [2.05, 4.69) is 29.6 Å². The second kappa shape index (κ2) is 7.97. The molecule has 0 radical (unpaired) electrons. The van der Waals surface area contributed by atoms with Crippen LogP contribution < -0.4 is 10.6 Å². The Kier molecular flexibility index (Phi) is 5.98. The van der Waals surface area contributed by atoms with Crippen LogP contribution in [-0.4, -0.2) is 33.6 Å². The van der Waals surface area contributed by atoms with Crippen LogP contribution in [0.15, 0.2) is 30.3 Å². The SMILES string of the molecule is Cc1nn(-c2ccccc2)c(C)c1NC(=O)NC(CO)CC(C)C. The van der Waals surface area contributed by atoms with Crippen molar-refractivity contribution in [1.82, 2.24) is 15.1 Å². The molecule has 6 nitrogen and oxygen atoms in total. The number of nitrogens with one attached hydrogen (secondary N) is 2. The van der Waals surface area contributed by atoms with Gasteiger partial charge in [0.15, 0.2) is 0 Å². The van der Waals surface area contributed by atoms with E-state index in [1.807, 2.05) is 48.9 Å². The average Bonchev–Trinajstić information content (AvgIpc) is 2.82. The van der Waals surface area contributed by atoms with Crippen molar-refractivity contribution in [1.29, 1.82) is 0 Å². The van der Waals surface area contributed by atoms with Crippen LogP contribution in [0.5, 0.6) is 0 Å². The molecule has 0 aliphatic heterocycles. The van der Waals surface area contributed by atoms with Gasteiger partial charge in [-0.1, -0.05) is 32.0 Å². The predicted octanol–water partition coefficient (Wildman–Crippen LogP) is 3.02. The van der Waals surface area contributed by atoms with Gasteiger partial charge in [-0.2, -0.15) is 5.10 Å². The number of aromatic nitrogens is 2. The summed E-state index contributed by atoms with van der Waals surface area (Å²) in [5, 5.41) is 19.6. The van der Waals surface area contributed by atoms with E-state index in [0.717, 1.165) is 23.5 Å². The van der Waals surface area contributed by atoms with Crippen molar-refractivity contribution >= 4 is 11.7 Å². The van der Waals surface area contributed by atoms with Crippen molar-refractivity contribution in [2.75, 3.05) is 11.9 Å². The molecule has 2 rings (SSSR count). The van der Waals surface area contributed by atoms with Crippen LogP contribution >= 0.6 is 0 Å². The molecule has 1 atom stereocenters. The Bertz CT molecular complexity index is 680. The molecule has 1 aromatic carbocycles. The minimum atomic E-state index is -0.325. The summed E-state index contributed by atoms with van der Waals surface area (Å²) in [5.74, 6) is 0.395. The monoisotopic (exact) mass is 330 g/mol.